The number of carbonyl (C=O) groups excluding carboxylic acids is 1. The van der Waals surface area contributed by atoms with E-state index in [1.165, 1.54) is 19.2 Å². The molecule has 0 aliphatic heterocycles. The van der Waals surface area contributed by atoms with E-state index in [4.69, 9.17) is 4.74 Å². The molecule has 5 nitrogen and oxygen atoms in total. The van der Waals surface area contributed by atoms with Crippen LogP contribution < -0.4 is 0 Å². The number of rotatable bonds is 4. The van der Waals surface area contributed by atoms with Gasteiger partial charge in [0.05, 0.1) is 18.0 Å². The Hall–Kier alpha value is -2.17. The normalized spacial score (nSPS) is 25.3. The van der Waals surface area contributed by atoms with Crippen molar-refractivity contribution in [1.82, 2.24) is 0 Å². The molecule has 1 aromatic carbocycles. The molecule has 1 aliphatic carbocycles. The average Bonchev–Trinajstić information content (AvgIpc) is 3.12. The van der Waals surface area contributed by atoms with Gasteiger partial charge in [0.25, 0.3) is 5.69 Å². The molecule has 3 unspecified atom stereocenters. The van der Waals surface area contributed by atoms with Gasteiger partial charge in [-0.05, 0) is 11.5 Å². The topological polar surface area (TPSA) is 69.4 Å². The summed E-state index contributed by atoms with van der Waals surface area (Å²) in [6, 6.07) is 6.26. The minimum atomic E-state index is -0.445. The Balaban J connectivity index is 2.20. The molecule has 1 aromatic rings. The summed E-state index contributed by atoms with van der Waals surface area (Å²) in [4.78, 5) is 21.6. The number of allylic oxidation sites excluding steroid dienone is 1. The molecule has 0 N–H and O–H groups in total. The average molecular weight is 247 g/mol. The number of nitrogens with zero attached hydrogens (tertiary/aromatic N) is 1. The lowest BCUT2D eigenvalue weighted by molar-refractivity contribution is -0.384. The van der Waals surface area contributed by atoms with Crippen molar-refractivity contribution in [3.05, 3.63) is 52.6 Å². The van der Waals surface area contributed by atoms with E-state index in [-0.39, 0.29) is 29.4 Å². The molecule has 0 spiro atoms. The highest BCUT2D eigenvalue weighted by molar-refractivity contribution is 5.78. The third-order valence-electron chi connectivity index (χ3n) is 3.31. The summed E-state index contributed by atoms with van der Waals surface area (Å²) in [6.07, 6.45) is 1.73. The van der Waals surface area contributed by atoms with Gasteiger partial charge in [0.15, 0.2) is 0 Å². The first-order chi connectivity index (χ1) is 8.60. The molecule has 0 heterocycles. The van der Waals surface area contributed by atoms with Gasteiger partial charge in [0.2, 0.25) is 0 Å². The number of ether oxygens (including phenoxy) is 1. The van der Waals surface area contributed by atoms with Crippen LogP contribution in [-0.4, -0.2) is 18.0 Å². The van der Waals surface area contributed by atoms with Crippen LogP contribution in [0, 0.1) is 22.0 Å². The van der Waals surface area contributed by atoms with Gasteiger partial charge in [-0.15, -0.1) is 6.58 Å². The highest BCUT2D eigenvalue weighted by atomic mass is 16.6. The number of carbonyl (C=O) groups is 1. The van der Waals surface area contributed by atoms with Gasteiger partial charge in [-0.3, -0.25) is 14.9 Å². The number of nitro groups is 1. The Morgan fingerprint density at radius 3 is 2.50 bits per heavy atom. The monoisotopic (exact) mass is 247 g/mol. The third kappa shape index (κ3) is 1.99. The fourth-order valence-corrected chi connectivity index (χ4v) is 2.32. The highest BCUT2D eigenvalue weighted by Crippen LogP contribution is 2.55. The first-order valence-electron chi connectivity index (χ1n) is 5.55. The van der Waals surface area contributed by atoms with Crippen molar-refractivity contribution < 1.29 is 14.5 Å². The van der Waals surface area contributed by atoms with Crippen LogP contribution in [0.25, 0.3) is 0 Å². The maximum absolute atomic E-state index is 11.5. The van der Waals surface area contributed by atoms with Crippen molar-refractivity contribution in [3.8, 4) is 0 Å². The molecule has 94 valence electrons. The number of hydrogen-bond acceptors (Lipinski definition) is 4. The molecule has 1 saturated carbocycles. The Morgan fingerprint density at radius 1 is 1.44 bits per heavy atom. The zero-order valence-electron chi connectivity index (χ0n) is 9.91. The van der Waals surface area contributed by atoms with E-state index in [0.29, 0.717) is 0 Å². The molecule has 5 heteroatoms. The summed E-state index contributed by atoms with van der Waals surface area (Å²) in [6.45, 7) is 3.70. The minimum Gasteiger partial charge on any atom is -0.469 e. The van der Waals surface area contributed by atoms with E-state index in [1.54, 1.807) is 18.2 Å². The van der Waals surface area contributed by atoms with Crippen LogP contribution in [0.4, 0.5) is 5.69 Å². The van der Waals surface area contributed by atoms with Gasteiger partial charge in [-0.25, -0.2) is 0 Å². The number of nitro benzene ring substituents is 1. The Labute approximate surface area is 104 Å². The lowest BCUT2D eigenvalue weighted by atomic mass is 10.1. The first-order valence-corrected chi connectivity index (χ1v) is 5.55. The summed E-state index contributed by atoms with van der Waals surface area (Å²) in [7, 11) is 1.35. The van der Waals surface area contributed by atoms with Crippen LogP contribution >= 0.6 is 0 Å². The highest BCUT2D eigenvalue weighted by Gasteiger charge is 2.54. The van der Waals surface area contributed by atoms with Crippen molar-refractivity contribution in [3.63, 3.8) is 0 Å². The van der Waals surface area contributed by atoms with Crippen molar-refractivity contribution in [2.24, 2.45) is 11.8 Å². The third-order valence-corrected chi connectivity index (χ3v) is 3.31. The molecular weight excluding hydrogens is 234 g/mol. The molecule has 0 saturated heterocycles. The summed E-state index contributed by atoms with van der Waals surface area (Å²) in [5.74, 6) is -0.396. The van der Waals surface area contributed by atoms with E-state index in [0.717, 1.165) is 5.56 Å². The van der Waals surface area contributed by atoms with Crippen molar-refractivity contribution in [2.75, 3.05) is 7.11 Å². The fourth-order valence-electron chi connectivity index (χ4n) is 2.32. The number of benzene rings is 1. The van der Waals surface area contributed by atoms with Crippen molar-refractivity contribution in [2.45, 2.75) is 5.92 Å². The quantitative estimate of drug-likeness (QED) is 0.354. The number of non-ortho nitro benzene ring substituents is 1. The van der Waals surface area contributed by atoms with Crippen LogP contribution in [0.5, 0.6) is 0 Å². The van der Waals surface area contributed by atoms with Crippen LogP contribution in [0.3, 0.4) is 0 Å². The maximum atomic E-state index is 11.5. The smallest absolute Gasteiger partial charge is 0.309 e. The summed E-state index contributed by atoms with van der Waals surface area (Å²) >= 11 is 0. The molecule has 0 amide bonds. The minimum absolute atomic E-state index is 0.0238. The van der Waals surface area contributed by atoms with Crippen LogP contribution in [0.1, 0.15) is 11.5 Å². The molecule has 1 aliphatic rings. The van der Waals surface area contributed by atoms with Gasteiger partial charge in [0, 0.05) is 18.1 Å². The molecule has 0 radical (unpaired) electrons. The van der Waals surface area contributed by atoms with Gasteiger partial charge in [-0.1, -0.05) is 18.2 Å². The molecule has 3 atom stereocenters. The number of hydrogen-bond donors (Lipinski definition) is 0. The Morgan fingerprint density at radius 2 is 2.06 bits per heavy atom. The van der Waals surface area contributed by atoms with Gasteiger partial charge in [0.1, 0.15) is 0 Å². The van der Waals surface area contributed by atoms with Crippen molar-refractivity contribution >= 4 is 11.7 Å². The lowest BCUT2D eigenvalue weighted by Gasteiger charge is -1.99. The van der Waals surface area contributed by atoms with Crippen molar-refractivity contribution in [1.29, 1.82) is 0 Å². The van der Waals surface area contributed by atoms with Crippen LogP contribution in [0.15, 0.2) is 36.9 Å². The summed E-state index contributed by atoms with van der Waals surface area (Å²) in [5, 5.41) is 10.6. The van der Waals surface area contributed by atoms with Crippen LogP contribution in [-0.2, 0) is 9.53 Å². The van der Waals surface area contributed by atoms with Gasteiger partial charge in [-0.2, -0.15) is 0 Å². The molecule has 18 heavy (non-hydrogen) atoms. The van der Waals surface area contributed by atoms with E-state index in [9.17, 15) is 14.9 Å². The lowest BCUT2D eigenvalue weighted by Crippen LogP contribution is -2.04. The second kappa shape index (κ2) is 4.60. The zero-order chi connectivity index (χ0) is 13.3. The Kier molecular flexibility index (Phi) is 3.14. The van der Waals surface area contributed by atoms with E-state index in [2.05, 4.69) is 6.58 Å². The summed E-state index contributed by atoms with van der Waals surface area (Å²) in [5.41, 5.74) is 0.949. The van der Waals surface area contributed by atoms with E-state index in [1.807, 2.05) is 0 Å². The SMILES string of the molecule is C=CC1C(C(=O)OC)C1c1ccc([N+](=O)[O-])cc1. The predicted octanol–water partition coefficient (Wildman–Crippen LogP) is 2.28. The predicted molar refractivity (Wildman–Crippen MR) is 65.0 cm³/mol. The van der Waals surface area contributed by atoms with Gasteiger partial charge < -0.3 is 4.74 Å². The fraction of sp³-hybridized carbons (Fsp3) is 0.308. The largest absolute Gasteiger partial charge is 0.469 e. The standard InChI is InChI=1S/C13H13NO4/c1-3-10-11(12(10)13(15)18-2)8-4-6-9(7-5-8)14(16)17/h3-7,10-12H,1H2,2H3. The van der Waals surface area contributed by atoms with Crippen LogP contribution in [0.2, 0.25) is 0 Å². The second-order valence-corrected chi connectivity index (χ2v) is 4.24. The Bertz CT molecular complexity index is 494. The molecule has 2 rings (SSSR count). The maximum Gasteiger partial charge on any atom is 0.309 e. The van der Waals surface area contributed by atoms with E-state index >= 15 is 0 Å². The number of esters is 1. The molecular formula is C13H13NO4. The zero-order valence-corrected chi connectivity index (χ0v) is 9.91. The second-order valence-electron chi connectivity index (χ2n) is 4.24. The number of methoxy groups -OCH3 is 1. The summed E-state index contributed by atoms with van der Waals surface area (Å²) < 4.78 is 4.72. The van der Waals surface area contributed by atoms with E-state index < -0.39 is 4.92 Å². The van der Waals surface area contributed by atoms with Gasteiger partial charge >= 0.3 is 5.97 Å². The molecule has 1 fully saturated rings. The first kappa shape index (κ1) is 12.3. The molecule has 0 aromatic heterocycles. The molecule has 0 bridgehead atoms.